The molecule has 0 aromatic heterocycles. The Kier molecular flexibility index (Phi) is 2.07. The quantitative estimate of drug-likeness (QED) is 0.488. The molecule has 2 N–H and O–H groups in total. The number of thiocarbonyl (C=S) groups is 1. The number of hydrogen-bond acceptors (Lipinski definition) is 2. The van der Waals surface area contributed by atoms with E-state index in [1.807, 2.05) is 6.92 Å². The molecule has 1 fully saturated rings. The summed E-state index contributed by atoms with van der Waals surface area (Å²) in [4.78, 5) is 0. The lowest BCUT2D eigenvalue weighted by Crippen LogP contribution is -2.52. The van der Waals surface area contributed by atoms with Gasteiger partial charge in [-0.1, -0.05) is 0 Å². The molecule has 0 radical (unpaired) electrons. The van der Waals surface area contributed by atoms with E-state index < -0.39 is 0 Å². The van der Waals surface area contributed by atoms with Gasteiger partial charge in [-0.3, -0.25) is 0 Å². The zero-order chi connectivity index (χ0) is 7.56. The molecule has 2 unspecified atom stereocenters. The monoisotopic (exact) mass is 155 g/mol. The van der Waals surface area contributed by atoms with Crippen LogP contribution in [0.25, 0.3) is 0 Å². The summed E-state index contributed by atoms with van der Waals surface area (Å²) in [5, 5.41) is 15.0. The van der Waals surface area contributed by atoms with Crippen LogP contribution in [0, 0.1) is 11.3 Å². The molecule has 4 heteroatoms. The fourth-order valence-electron chi connectivity index (χ4n) is 0.980. The molecular weight excluding hydrogens is 146 g/mol. The Morgan fingerprint density at radius 1 is 1.70 bits per heavy atom. The predicted molar refractivity (Wildman–Crippen MR) is 42.3 cm³/mol. The first-order valence-electron chi connectivity index (χ1n) is 3.19. The van der Waals surface area contributed by atoms with Crippen molar-refractivity contribution in [3.05, 3.63) is 0 Å². The lowest BCUT2D eigenvalue weighted by atomic mass is 10.1. The molecule has 1 saturated heterocycles. The summed E-state index contributed by atoms with van der Waals surface area (Å²) in [5.74, 6) is 0. The van der Waals surface area contributed by atoms with Gasteiger partial charge in [-0.15, -0.1) is 0 Å². The third-order valence-electron chi connectivity index (χ3n) is 1.43. The molecule has 54 valence electrons. The smallest absolute Gasteiger partial charge is 0.167 e. The van der Waals surface area contributed by atoms with Crippen LogP contribution < -0.4 is 10.6 Å². The highest BCUT2D eigenvalue weighted by molar-refractivity contribution is 7.80. The first-order valence-corrected chi connectivity index (χ1v) is 3.60. The normalized spacial score (nSPS) is 31.8. The lowest BCUT2D eigenvalue weighted by Gasteiger charge is -2.26. The van der Waals surface area contributed by atoms with E-state index in [0.717, 1.165) is 6.42 Å². The largest absolute Gasteiger partial charge is 0.360 e. The number of nitriles is 1. The standard InChI is InChI=1S/C6H9N3S/c1-4-2-5(3-7)9-6(10)8-4/h4-5H,2H2,1H3,(H2,8,9,10). The molecule has 0 spiro atoms. The molecule has 10 heavy (non-hydrogen) atoms. The minimum atomic E-state index is -0.108. The number of nitrogens with one attached hydrogen (secondary N) is 2. The van der Waals surface area contributed by atoms with Gasteiger partial charge in [0.25, 0.3) is 0 Å². The molecule has 0 aromatic rings. The van der Waals surface area contributed by atoms with Crippen LogP contribution in [0.2, 0.25) is 0 Å². The van der Waals surface area contributed by atoms with Gasteiger partial charge in [0, 0.05) is 12.5 Å². The zero-order valence-electron chi connectivity index (χ0n) is 5.72. The minimum absolute atomic E-state index is 0.108. The molecule has 0 aliphatic carbocycles. The molecule has 1 aliphatic rings. The van der Waals surface area contributed by atoms with Gasteiger partial charge in [-0.05, 0) is 19.1 Å². The Hall–Kier alpha value is -0.820. The Bertz CT molecular complexity index is 184. The van der Waals surface area contributed by atoms with Gasteiger partial charge in [0.2, 0.25) is 0 Å². The number of nitrogens with zero attached hydrogens (tertiary/aromatic N) is 1. The second-order valence-corrected chi connectivity index (χ2v) is 2.84. The maximum atomic E-state index is 8.53. The van der Waals surface area contributed by atoms with Gasteiger partial charge in [-0.25, -0.2) is 0 Å². The predicted octanol–water partition coefficient (Wildman–Crippen LogP) is 0.135. The molecule has 0 amide bonds. The van der Waals surface area contributed by atoms with E-state index >= 15 is 0 Å². The third kappa shape index (κ3) is 1.58. The summed E-state index contributed by atoms with van der Waals surface area (Å²) in [6, 6.07) is 2.34. The van der Waals surface area contributed by atoms with Gasteiger partial charge >= 0.3 is 0 Å². The molecule has 0 saturated carbocycles. The van der Waals surface area contributed by atoms with Crippen LogP contribution in [0.5, 0.6) is 0 Å². The van der Waals surface area contributed by atoms with Crippen molar-refractivity contribution in [1.29, 1.82) is 5.26 Å². The first kappa shape index (κ1) is 7.29. The highest BCUT2D eigenvalue weighted by Gasteiger charge is 2.19. The van der Waals surface area contributed by atoms with Crippen molar-refractivity contribution in [2.24, 2.45) is 0 Å². The Morgan fingerprint density at radius 2 is 2.40 bits per heavy atom. The highest BCUT2D eigenvalue weighted by Crippen LogP contribution is 2.01. The maximum absolute atomic E-state index is 8.53. The van der Waals surface area contributed by atoms with E-state index in [2.05, 4.69) is 16.7 Å². The van der Waals surface area contributed by atoms with E-state index in [-0.39, 0.29) is 6.04 Å². The Labute approximate surface area is 65.4 Å². The maximum Gasteiger partial charge on any atom is 0.167 e. The second kappa shape index (κ2) is 2.84. The number of rotatable bonds is 0. The minimum Gasteiger partial charge on any atom is -0.360 e. The van der Waals surface area contributed by atoms with Crippen molar-refractivity contribution in [2.75, 3.05) is 0 Å². The van der Waals surface area contributed by atoms with Crippen LogP contribution in [-0.4, -0.2) is 17.2 Å². The fraction of sp³-hybridized carbons (Fsp3) is 0.667. The molecule has 1 rings (SSSR count). The molecule has 3 nitrogen and oxygen atoms in total. The van der Waals surface area contributed by atoms with E-state index in [9.17, 15) is 0 Å². The van der Waals surface area contributed by atoms with Crippen molar-refractivity contribution in [3.63, 3.8) is 0 Å². The SMILES string of the molecule is CC1CC(C#N)NC(=S)N1. The first-order chi connectivity index (χ1) is 4.72. The average Bonchev–Trinajstić information content (AvgIpc) is 1.85. The summed E-state index contributed by atoms with van der Waals surface area (Å²) in [6.07, 6.45) is 0.816. The van der Waals surface area contributed by atoms with Crippen LogP contribution in [0.4, 0.5) is 0 Å². The van der Waals surface area contributed by atoms with Crippen LogP contribution in [0.15, 0.2) is 0 Å². The fourth-order valence-corrected chi connectivity index (χ4v) is 1.32. The third-order valence-corrected chi connectivity index (χ3v) is 1.66. The summed E-state index contributed by atoms with van der Waals surface area (Å²) in [7, 11) is 0. The summed E-state index contributed by atoms with van der Waals surface area (Å²) in [6.45, 7) is 2.01. The molecule has 0 aromatic carbocycles. The van der Waals surface area contributed by atoms with Gasteiger partial charge in [0.05, 0.1) is 6.07 Å². The molecule has 0 bridgehead atoms. The molecule has 1 aliphatic heterocycles. The van der Waals surface area contributed by atoms with Crippen molar-refractivity contribution < 1.29 is 0 Å². The zero-order valence-corrected chi connectivity index (χ0v) is 6.53. The Balaban J connectivity index is 2.52. The molecule has 1 heterocycles. The van der Waals surface area contributed by atoms with Gasteiger partial charge < -0.3 is 10.6 Å². The van der Waals surface area contributed by atoms with E-state index in [0.29, 0.717) is 11.2 Å². The summed E-state index contributed by atoms with van der Waals surface area (Å²) in [5.41, 5.74) is 0. The van der Waals surface area contributed by atoms with Crippen molar-refractivity contribution in [3.8, 4) is 6.07 Å². The van der Waals surface area contributed by atoms with Crippen LogP contribution in [-0.2, 0) is 0 Å². The lowest BCUT2D eigenvalue weighted by molar-refractivity contribution is 0.500. The van der Waals surface area contributed by atoms with Gasteiger partial charge in [-0.2, -0.15) is 5.26 Å². The average molecular weight is 155 g/mol. The second-order valence-electron chi connectivity index (χ2n) is 2.44. The van der Waals surface area contributed by atoms with Crippen molar-refractivity contribution in [2.45, 2.75) is 25.4 Å². The molecule has 2 atom stereocenters. The summed E-state index contributed by atoms with van der Waals surface area (Å²) >= 11 is 4.85. The van der Waals surface area contributed by atoms with E-state index in [1.165, 1.54) is 0 Å². The molecular formula is C6H9N3S. The van der Waals surface area contributed by atoms with E-state index in [1.54, 1.807) is 0 Å². The topological polar surface area (TPSA) is 47.9 Å². The number of hydrogen-bond donors (Lipinski definition) is 2. The van der Waals surface area contributed by atoms with Crippen molar-refractivity contribution in [1.82, 2.24) is 10.6 Å². The Morgan fingerprint density at radius 3 is 2.90 bits per heavy atom. The highest BCUT2D eigenvalue weighted by atomic mass is 32.1. The van der Waals surface area contributed by atoms with Crippen LogP contribution >= 0.6 is 12.2 Å². The van der Waals surface area contributed by atoms with E-state index in [4.69, 9.17) is 17.5 Å². The van der Waals surface area contributed by atoms with Gasteiger partial charge in [0.15, 0.2) is 5.11 Å². The van der Waals surface area contributed by atoms with Gasteiger partial charge in [0.1, 0.15) is 6.04 Å². The summed E-state index contributed by atoms with van der Waals surface area (Å²) < 4.78 is 0. The van der Waals surface area contributed by atoms with Crippen LogP contribution in [0.1, 0.15) is 13.3 Å². The van der Waals surface area contributed by atoms with Crippen LogP contribution in [0.3, 0.4) is 0 Å². The van der Waals surface area contributed by atoms with Crippen molar-refractivity contribution >= 4 is 17.3 Å².